The first-order valence-electron chi connectivity index (χ1n) is 7.60. The van der Waals surface area contributed by atoms with Crippen molar-refractivity contribution in [2.45, 2.75) is 18.9 Å². The molecule has 0 spiro atoms. The Bertz CT molecular complexity index is 972. The summed E-state index contributed by atoms with van der Waals surface area (Å²) < 4.78 is 16.2. The highest BCUT2D eigenvalue weighted by Crippen LogP contribution is 2.37. The Hall–Kier alpha value is -2.49. The molecule has 1 aliphatic heterocycles. The van der Waals surface area contributed by atoms with Crippen LogP contribution in [-0.2, 0) is 0 Å². The van der Waals surface area contributed by atoms with Gasteiger partial charge in [0.05, 0.1) is 10.8 Å². The first-order chi connectivity index (χ1) is 12.0. The Labute approximate surface area is 149 Å². The second kappa shape index (κ2) is 5.80. The quantitative estimate of drug-likeness (QED) is 0.612. The summed E-state index contributed by atoms with van der Waals surface area (Å²) in [6.45, 7) is 0.321. The molecule has 1 N–H and O–H groups in total. The number of rotatable bonds is 4. The predicted octanol–water partition coefficient (Wildman–Crippen LogP) is 1.94. The van der Waals surface area contributed by atoms with Gasteiger partial charge in [-0.3, -0.25) is 14.7 Å². The summed E-state index contributed by atoms with van der Waals surface area (Å²) in [4.78, 5) is 29.6. The minimum Gasteiger partial charge on any atom is -0.477 e. The molecule has 8 nitrogen and oxygen atoms in total. The maximum absolute atomic E-state index is 14.6. The number of carboxylic acid groups (broad SMARTS) is 1. The number of carbonyl (C=O) groups is 1. The molecule has 1 fully saturated rings. The molecule has 0 radical (unpaired) electrons. The smallest absolute Gasteiger partial charge is 0.341 e. The molecule has 2 aromatic rings. The van der Waals surface area contributed by atoms with E-state index in [1.807, 2.05) is 0 Å². The number of pyridine rings is 2. The molecule has 1 saturated carbocycles. The first kappa shape index (κ1) is 16.0. The molecule has 1 aliphatic carbocycles. The Morgan fingerprint density at radius 3 is 2.80 bits per heavy atom. The molecule has 2 aliphatic rings. The number of hydrazone groups is 1. The van der Waals surface area contributed by atoms with Gasteiger partial charge in [-0.25, -0.2) is 14.2 Å². The average molecular weight is 410 g/mol. The fourth-order valence-electron chi connectivity index (χ4n) is 2.80. The molecule has 0 bridgehead atoms. The minimum absolute atomic E-state index is 0.0264. The van der Waals surface area contributed by atoms with Crippen molar-refractivity contribution in [1.29, 1.82) is 0 Å². The number of alkyl halides is 1. The standard InChI is InChI=1S/C15H13BrFN5O3/c16-5-21-7-20(6-18-21)14-11(17)3-9-12(23)10(15(24)25)4-22(8-1-2-8)13(9)19-14/h3-4,6,8H,1-2,5,7H2,(H,24,25). The maximum Gasteiger partial charge on any atom is 0.341 e. The number of carboxylic acids is 1. The van der Waals surface area contributed by atoms with E-state index < -0.39 is 17.2 Å². The van der Waals surface area contributed by atoms with Crippen molar-refractivity contribution in [3.63, 3.8) is 0 Å². The lowest BCUT2D eigenvalue weighted by Crippen LogP contribution is -2.28. The number of fused-ring (bicyclic) bond motifs is 1. The molecule has 25 heavy (non-hydrogen) atoms. The number of hydrogen-bond acceptors (Lipinski definition) is 6. The van der Waals surface area contributed by atoms with Gasteiger partial charge < -0.3 is 9.67 Å². The molecule has 4 rings (SSSR count). The van der Waals surface area contributed by atoms with Crippen LogP contribution in [0, 0.1) is 5.82 Å². The van der Waals surface area contributed by atoms with Crippen molar-refractivity contribution in [1.82, 2.24) is 14.6 Å². The van der Waals surface area contributed by atoms with Crippen LogP contribution < -0.4 is 10.3 Å². The summed E-state index contributed by atoms with van der Waals surface area (Å²) in [6, 6.07) is 1.15. The van der Waals surface area contributed by atoms with Gasteiger partial charge >= 0.3 is 5.97 Å². The van der Waals surface area contributed by atoms with Crippen molar-refractivity contribution in [3.8, 4) is 0 Å². The molecule has 0 saturated heterocycles. The van der Waals surface area contributed by atoms with E-state index in [4.69, 9.17) is 0 Å². The molecule has 3 heterocycles. The van der Waals surface area contributed by atoms with Gasteiger partial charge in [0.25, 0.3) is 0 Å². The normalized spacial score (nSPS) is 16.9. The number of hydrogen-bond donors (Lipinski definition) is 1. The third-order valence-electron chi connectivity index (χ3n) is 4.19. The monoisotopic (exact) mass is 409 g/mol. The van der Waals surface area contributed by atoms with Crippen molar-refractivity contribution in [2.75, 3.05) is 17.0 Å². The van der Waals surface area contributed by atoms with Gasteiger partial charge in [-0.2, -0.15) is 5.10 Å². The van der Waals surface area contributed by atoms with Crippen LogP contribution in [0.25, 0.3) is 11.0 Å². The zero-order chi connectivity index (χ0) is 17.7. The highest BCUT2D eigenvalue weighted by Gasteiger charge is 2.29. The molecule has 10 heteroatoms. The van der Waals surface area contributed by atoms with Gasteiger partial charge in [-0.1, -0.05) is 15.9 Å². The Morgan fingerprint density at radius 2 is 2.20 bits per heavy atom. The minimum atomic E-state index is -1.33. The summed E-state index contributed by atoms with van der Waals surface area (Å²) in [7, 11) is 0. The Balaban J connectivity index is 1.92. The molecule has 2 aromatic heterocycles. The SMILES string of the molecule is O=C(O)c1cn(C2CC2)c2nc(N3C=NN(CBr)C3)c(F)cc2c1=O. The summed E-state index contributed by atoms with van der Waals surface area (Å²) in [5.41, 5.74) is -0.320. The second-order valence-electron chi connectivity index (χ2n) is 5.95. The lowest BCUT2D eigenvalue weighted by molar-refractivity contribution is 0.0695. The number of nitrogens with zero attached hydrogens (tertiary/aromatic N) is 5. The summed E-state index contributed by atoms with van der Waals surface area (Å²) >= 11 is 3.27. The topological polar surface area (TPSA) is 91.0 Å². The molecule has 0 atom stereocenters. The van der Waals surface area contributed by atoms with E-state index in [2.05, 4.69) is 26.0 Å². The van der Waals surface area contributed by atoms with E-state index in [-0.39, 0.29) is 22.8 Å². The zero-order valence-corrected chi connectivity index (χ0v) is 14.5. The van der Waals surface area contributed by atoms with Crippen molar-refractivity contribution < 1.29 is 14.3 Å². The van der Waals surface area contributed by atoms with Crippen LogP contribution in [0.5, 0.6) is 0 Å². The van der Waals surface area contributed by atoms with Crippen LogP contribution in [0.3, 0.4) is 0 Å². The van der Waals surface area contributed by atoms with E-state index in [1.54, 1.807) is 9.58 Å². The molecule has 0 unspecified atom stereocenters. The van der Waals surface area contributed by atoms with Crippen LogP contribution >= 0.6 is 15.9 Å². The number of halogens is 2. The van der Waals surface area contributed by atoms with E-state index in [9.17, 15) is 19.1 Å². The summed E-state index contributed by atoms with van der Waals surface area (Å²) in [5.74, 6) is -1.97. The Kier molecular flexibility index (Phi) is 3.71. The predicted molar refractivity (Wildman–Crippen MR) is 92.7 cm³/mol. The van der Waals surface area contributed by atoms with Crippen molar-refractivity contribution >= 4 is 45.1 Å². The largest absolute Gasteiger partial charge is 0.477 e. The third-order valence-corrected chi connectivity index (χ3v) is 4.77. The first-order valence-corrected chi connectivity index (χ1v) is 8.72. The fraction of sp³-hybridized carbons (Fsp3) is 0.333. The number of aromatic nitrogens is 2. The summed E-state index contributed by atoms with van der Waals surface area (Å²) in [6.07, 6.45) is 4.51. The summed E-state index contributed by atoms with van der Waals surface area (Å²) in [5, 5.41) is 15.0. The van der Waals surface area contributed by atoms with Crippen LogP contribution in [-0.4, -0.2) is 44.1 Å². The number of aromatic carboxylic acids is 1. The van der Waals surface area contributed by atoms with Gasteiger partial charge in [-0.05, 0) is 18.9 Å². The lowest BCUT2D eigenvalue weighted by Gasteiger charge is -2.18. The highest BCUT2D eigenvalue weighted by molar-refractivity contribution is 9.09. The lowest BCUT2D eigenvalue weighted by atomic mass is 10.2. The molecule has 0 aromatic carbocycles. The second-order valence-corrected chi connectivity index (χ2v) is 6.45. The van der Waals surface area contributed by atoms with Gasteiger partial charge in [0.1, 0.15) is 24.2 Å². The zero-order valence-electron chi connectivity index (χ0n) is 12.9. The van der Waals surface area contributed by atoms with E-state index in [0.29, 0.717) is 17.8 Å². The van der Waals surface area contributed by atoms with Crippen LogP contribution in [0.1, 0.15) is 29.2 Å². The van der Waals surface area contributed by atoms with E-state index in [1.165, 1.54) is 17.4 Å². The van der Waals surface area contributed by atoms with Crippen molar-refractivity contribution in [2.24, 2.45) is 5.10 Å². The van der Waals surface area contributed by atoms with Gasteiger partial charge in [-0.15, -0.1) is 0 Å². The average Bonchev–Trinajstić information content (AvgIpc) is 3.31. The van der Waals surface area contributed by atoms with Crippen LogP contribution in [0.4, 0.5) is 10.2 Å². The fourth-order valence-corrected chi connectivity index (χ4v) is 3.09. The van der Waals surface area contributed by atoms with Crippen LogP contribution in [0.2, 0.25) is 0 Å². The van der Waals surface area contributed by atoms with Crippen molar-refractivity contribution in [3.05, 3.63) is 33.9 Å². The van der Waals surface area contributed by atoms with Crippen LogP contribution in [0.15, 0.2) is 22.2 Å². The highest BCUT2D eigenvalue weighted by atomic mass is 79.9. The van der Waals surface area contributed by atoms with E-state index >= 15 is 0 Å². The van der Waals surface area contributed by atoms with Gasteiger partial charge in [0, 0.05) is 12.2 Å². The molecule has 130 valence electrons. The maximum atomic E-state index is 14.6. The van der Waals surface area contributed by atoms with Gasteiger partial charge in [0.2, 0.25) is 5.43 Å². The van der Waals surface area contributed by atoms with E-state index in [0.717, 1.165) is 18.9 Å². The molecular weight excluding hydrogens is 397 g/mol. The number of anilines is 1. The Morgan fingerprint density at radius 1 is 1.44 bits per heavy atom. The van der Waals surface area contributed by atoms with Gasteiger partial charge in [0.15, 0.2) is 11.6 Å². The molecular formula is C15H13BrFN5O3. The molecule has 0 amide bonds. The third kappa shape index (κ3) is 2.66.